The van der Waals surface area contributed by atoms with E-state index in [0.717, 1.165) is 30.0 Å². The van der Waals surface area contributed by atoms with Crippen LogP contribution in [-0.4, -0.2) is 29.2 Å². The van der Waals surface area contributed by atoms with E-state index in [1.807, 2.05) is 24.3 Å². The van der Waals surface area contributed by atoms with Gasteiger partial charge in [0.1, 0.15) is 5.75 Å². The smallest absolute Gasteiger partial charge is 0.120 e. The van der Waals surface area contributed by atoms with Crippen molar-refractivity contribution >= 4 is 10.8 Å². The molecule has 0 amide bonds. The van der Waals surface area contributed by atoms with Gasteiger partial charge in [-0.25, -0.2) is 0 Å². The molecule has 1 saturated carbocycles. The van der Waals surface area contributed by atoms with E-state index in [0.29, 0.717) is 6.04 Å². The highest BCUT2D eigenvalue weighted by Crippen LogP contribution is 2.26. The standard InChI is InChI=1S/C17H27NO2S/c1-3-18-16-11-6-4-5-7-12-17(16)21(19)15-10-8-9-14(13-15)20-2/h8-10,13,16-18H,3-7,11-12H2,1-2H3. The zero-order valence-electron chi connectivity index (χ0n) is 13.1. The Morgan fingerprint density at radius 2 is 2.00 bits per heavy atom. The maximum Gasteiger partial charge on any atom is 0.120 e. The molecule has 3 nitrogen and oxygen atoms in total. The van der Waals surface area contributed by atoms with Crippen LogP contribution in [0, 0.1) is 0 Å². The van der Waals surface area contributed by atoms with Gasteiger partial charge in [0.25, 0.3) is 0 Å². The van der Waals surface area contributed by atoms with Crippen molar-refractivity contribution < 1.29 is 8.95 Å². The van der Waals surface area contributed by atoms with E-state index in [1.165, 1.54) is 25.7 Å². The van der Waals surface area contributed by atoms with E-state index in [9.17, 15) is 4.21 Å². The zero-order valence-corrected chi connectivity index (χ0v) is 14.0. The van der Waals surface area contributed by atoms with Crippen LogP contribution in [0.2, 0.25) is 0 Å². The van der Waals surface area contributed by atoms with Crippen molar-refractivity contribution in [2.24, 2.45) is 0 Å². The summed E-state index contributed by atoms with van der Waals surface area (Å²) >= 11 is 0. The Morgan fingerprint density at radius 3 is 2.71 bits per heavy atom. The van der Waals surface area contributed by atoms with Gasteiger partial charge in [-0.05, 0) is 37.6 Å². The first kappa shape index (κ1) is 16.5. The lowest BCUT2D eigenvalue weighted by atomic mass is 9.96. The maximum atomic E-state index is 13.0. The summed E-state index contributed by atoms with van der Waals surface area (Å²) in [6.07, 6.45) is 7.17. The molecule has 0 saturated heterocycles. The molecule has 1 aliphatic carbocycles. The van der Waals surface area contributed by atoms with E-state index in [4.69, 9.17) is 4.74 Å². The van der Waals surface area contributed by atoms with Crippen LogP contribution < -0.4 is 10.1 Å². The van der Waals surface area contributed by atoms with E-state index in [2.05, 4.69) is 12.2 Å². The van der Waals surface area contributed by atoms with E-state index < -0.39 is 10.8 Å². The summed E-state index contributed by atoms with van der Waals surface area (Å²) in [4.78, 5) is 0.892. The Bertz CT molecular complexity index is 464. The molecule has 2 rings (SSSR count). The van der Waals surface area contributed by atoms with Gasteiger partial charge in [0.05, 0.1) is 23.2 Å². The lowest BCUT2D eigenvalue weighted by molar-refractivity contribution is 0.400. The molecule has 4 heteroatoms. The third-order valence-corrected chi connectivity index (χ3v) is 6.05. The molecule has 21 heavy (non-hydrogen) atoms. The highest BCUT2D eigenvalue weighted by Gasteiger charge is 2.28. The van der Waals surface area contributed by atoms with Crippen LogP contribution in [0.15, 0.2) is 29.2 Å². The normalized spacial score (nSPS) is 24.9. The van der Waals surface area contributed by atoms with E-state index >= 15 is 0 Å². The van der Waals surface area contributed by atoms with Crippen LogP contribution in [0.5, 0.6) is 5.75 Å². The van der Waals surface area contributed by atoms with Crippen molar-refractivity contribution in [2.75, 3.05) is 13.7 Å². The first-order valence-electron chi connectivity index (χ1n) is 8.04. The molecular formula is C17H27NO2S. The number of nitrogens with one attached hydrogen (secondary N) is 1. The number of hydrogen-bond donors (Lipinski definition) is 1. The molecule has 0 spiro atoms. The summed E-state index contributed by atoms with van der Waals surface area (Å²) in [5, 5.41) is 3.76. The van der Waals surface area contributed by atoms with Gasteiger partial charge in [-0.3, -0.25) is 4.21 Å². The number of methoxy groups -OCH3 is 1. The minimum absolute atomic E-state index is 0.206. The fraction of sp³-hybridized carbons (Fsp3) is 0.647. The fourth-order valence-electron chi connectivity index (χ4n) is 3.10. The predicted octanol–water partition coefficient (Wildman–Crippen LogP) is 3.50. The van der Waals surface area contributed by atoms with Crippen molar-refractivity contribution in [3.8, 4) is 5.75 Å². The summed E-state index contributed by atoms with van der Waals surface area (Å²) in [7, 11) is 0.677. The number of ether oxygens (including phenoxy) is 1. The molecular weight excluding hydrogens is 282 g/mol. The quantitative estimate of drug-likeness (QED) is 0.904. The number of benzene rings is 1. The molecule has 0 heterocycles. The van der Waals surface area contributed by atoms with Crippen LogP contribution in [0.3, 0.4) is 0 Å². The van der Waals surface area contributed by atoms with Crippen LogP contribution in [0.1, 0.15) is 45.4 Å². The van der Waals surface area contributed by atoms with Gasteiger partial charge in [-0.2, -0.15) is 0 Å². The second-order valence-electron chi connectivity index (χ2n) is 5.67. The SMILES string of the molecule is CCNC1CCCCCCC1S(=O)c1cccc(OC)c1. The van der Waals surface area contributed by atoms with Gasteiger partial charge in [-0.1, -0.05) is 38.7 Å². The van der Waals surface area contributed by atoms with Crippen molar-refractivity contribution in [1.29, 1.82) is 0 Å². The Kier molecular flexibility index (Phi) is 6.71. The minimum atomic E-state index is -0.975. The molecule has 1 aromatic carbocycles. The van der Waals surface area contributed by atoms with Gasteiger partial charge in [-0.15, -0.1) is 0 Å². The Hall–Kier alpha value is -0.870. The first-order chi connectivity index (χ1) is 10.3. The molecule has 1 aromatic rings. The highest BCUT2D eigenvalue weighted by molar-refractivity contribution is 7.85. The van der Waals surface area contributed by atoms with Gasteiger partial charge in [0.15, 0.2) is 0 Å². The highest BCUT2D eigenvalue weighted by atomic mass is 32.2. The van der Waals surface area contributed by atoms with Gasteiger partial charge in [0.2, 0.25) is 0 Å². The monoisotopic (exact) mass is 309 g/mol. The van der Waals surface area contributed by atoms with Crippen LogP contribution in [0.4, 0.5) is 0 Å². The van der Waals surface area contributed by atoms with Crippen molar-refractivity contribution in [1.82, 2.24) is 5.32 Å². The molecule has 1 N–H and O–H groups in total. The minimum Gasteiger partial charge on any atom is -0.497 e. The molecule has 0 radical (unpaired) electrons. The Morgan fingerprint density at radius 1 is 1.24 bits per heavy atom. The molecule has 0 aromatic heterocycles. The lowest BCUT2D eigenvalue weighted by Crippen LogP contribution is -2.42. The average molecular weight is 309 g/mol. The molecule has 118 valence electrons. The average Bonchev–Trinajstić information content (AvgIpc) is 2.50. The van der Waals surface area contributed by atoms with Crippen LogP contribution in [0.25, 0.3) is 0 Å². The van der Waals surface area contributed by atoms with E-state index in [-0.39, 0.29) is 5.25 Å². The largest absolute Gasteiger partial charge is 0.497 e. The molecule has 1 fully saturated rings. The van der Waals surface area contributed by atoms with Crippen molar-refractivity contribution in [3.05, 3.63) is 24.3 Å². The van der Waals surface area contributed by atoms with Crippen LogP contribution in [-0.2, 0) is 10.8 Å². The third-order valence-electron chi connectivity index (χ3n) is 4.22. The zero-order chi connectivity index (χ0) is 15.1. The summed E-state index contributed by atoms with van der Waals surface area (Å²) in [6.45, 7) is 3.07. The number of rotatable bonds is 5. The van der Waals surface area contributed by atoms with Gasteiger partial charge >= 0.3 is 0 Å². The Labute approximate surface area is 130 Å². The van der Waals surface area contributed by atoms with Gasteiger partial charge in [0, 0.05) is 10.9 Å². The molecule has 3 atom stereocenters. The second kappa shape index (κ2) is 8.54. The number of hydrogen-bond acceptors (Lipinski definition) is 3. The fourth-order valence-corrected chi connectivity index (χ4v) is 4.81. The van der Waals surface area contributed by atoms with Crippen molar-refractivity contribution in [2.45, 2.75) is 61.6 Å². The van der Waals surface area contributed by atoms with Crippen LogP contribution >= 0.6 is 0 Å². The van der Waals surface area contributed by atoms with Gasteiger partial charge < -0.3 is 10.1 Å². The summed E-state index contributed by atoms with van der Waals surface area (Å²) in [5.41, 5.74) is 0. The summed E-state index contributed by atoms with van der Waals surface area (Å²) in [6, 6.07) is 8.07. The molecule has 0 bridgehead atoms. The maximum absolute atomic E-state index is 13.0. The molecule has 1 aliphatic rings. The predicted molar refractivity (Wildman–Crippen MR) is 88.4 cm³/mol. The molecule has 0 aliphatic heterocycles. The topological polar surface area (TPSA) is 38.3 Å². The Balaban J connectivity index is 2.18. The van der Waals surface area contributed by atoms with E-state index in [1.54, 1.807) is 7.11 Å². The van der Waals surface area contributed by atoms with Crippen molar-refractivity contribution in [3.63, 3.8) is 0 Å². The molecule has 3 unspecified atom stereocenters. The lowest BCUT2D eigenvalue weighted by Gasteiger charge is -2.29. The summed E-state index contributed by atoms with van der Waals surface area (Å²) in [5.74, 6) is 0.784. The first-order valence-corrected chi connectivity index (χ1v) is 9.25. The second-order valence-corrected chi connectivity index (χ2v) is 7.34. The summed E-state index contributed by atoms with van der Waals surface area (Å²) < 4.78 is 18.3. The third kappa shape index (κ3) is 4.55.